The monoisotopic (exact) mass is 253 g/mol. The minimum absolute atomic E-state index is 0.0313. The van der Waals surface area contributed by atoms with Crippen LogP contribution in [0.2, 0.25) is 0 Å². The number of sulfonamides is 1. The fourth-order valence-corrected chi connectivity index (χ4v) is 2.53. The summed E-state index contributed by atoms with van der Waals surface area (Å²) in [6, 6.07) is 7.56. The van der Waals surface area contributed by atoms with Gasteiger partial charge in [0.05, 0.1) is 17.0 Å². The standard InChI is InChI=1S/C10H11N3O3S/c1-13(7-10(12)14)17(15,16)9-5-3-2-4-8(9)6-11/h2-5H,7H2,1H3,(H2,12,14). The van der Waals surface area contributed by atoms with Crippen molar-refractivity contribution in [1.29, 1.82) is 5.26 Å². The number of likely N-dealkylation sites (N-methyl/N-ethyl adjacent to an activating group) is 1. The Hall–Kier alpha value is -1.91. The zero-order valence-electron chi connectivity index (χ0n) is 9.12. The van der Waals surface area contributed by atoms with Crippen molar-refractivity contribution in [3.63, 3.8) is 0 Å². The van der Waals surface area contributed by atoms with Gasteiger partial charge in [0.2, 0.25) is 15.9 Å². The lowest BCUT2D eigenvalue weighted by Gasteiger charge is -2.15. The molecule has 6 nitrogen and oxygen atoms in total. The van der Waals surface area contributed by atoms with Gasteiger partial charge in [-0.2, -0.15) is 9.57 Å². The van der Waals surface area contributed by atoms with Gasteiger partial charge in [0, 0.05) is 7.05 Å². The highest BCUT2D eigenvalue weighted by atomic mass is 32.2. The van der Waals surface area contributed by atoms with E-state index in [1.807, 2.05) is 0 Å². The number of nitrogens with zero attached hydrogens (tertiary/aromatic N) is 2. The highest BCUT2D eigenvalue weighted by Gasteiger charge is 2.24. The van der Waals surface area contributed by atoms with E-state index in [1.54, 1.807) is 12.1 Å². The van der Waals surface area contributed by atoms with Gasteiger partial charge in [0.25, 0.3) is 0 Å². The molecule has 0 fully saturated rings. The molecule has 0 saturated heterocycles. The first-order valence-corrected chi connectivity index (χ1v) is 6.07. The number of hydrogen-bond acceptors (Lipinski definition) is 4. The van der Waals surface area contributed by atoms with E-state index in [2.05, 4.69) is 0 Å². The smallest absolute Gasteiger partial charge is 0.244 e. The second-order valence-corrected chi connectivity index (χ2v) is 5.35. The number of hydrogen-bond donors (Lipinski definition) is 1. The summed E-state index contributed by atoms with van der Waals surface area (Å²) < 4.78 is 24.8. The van der Waals surface area contributed by atoms with Crippen molar-refractivity contribution < 1.29 is 13.2 Å². The molecule has 0 unspecified atom stereocenters. The molecule has 0 bridgehead atoms. The molecule has 90 valence electrons. The van der Waals surface area contributed by atoms with Crippen LogP contribution in [0.25, 0.3) is 0 Å². The van der Waals surface area contributed by atoms with Crippen molar-refractivity contribution in [3.8, 4) is 6.07 Å². The van der Waals surface area contributed by atoms with Gasteiger partial charge in [-0.05, 0) is 12.1 Å². The largest absolute Gasteiger partial charge is 0.369 e. The predicted molar refractivity (Wildman–Crippen MR) is 60.2 cm³/mol. The first-order valence-electron chi connectivity index (χ1n) is 4.63. The van der Waals surface area contributed by atoms with E-state index >= 15 is 0 Å². The highest BCUT2D eigenvalue weighted by molar-refractivity contribution is 7.89. The van der Waals surface area contributed by atoms with Gasteiger partial charge in [-0.15, -0.1) is 0 Å². The molecule has 0 aromatic heterocycles. The van der Waals surface area contributed by atoms with Crippen LogP contribution in [-0.2, 0) is 14.8 Å². The SMILES string of the molecule is CN(CC(N)=O)S(=O)(=O)c1ccccc1C#N. The average Bonchev–Trinajstić information content (AvgIpc) is 2.28. The zero-order chi connectivity index (χ0) is 13.1. The van der Waals surface area contributed by atoms with Crippen LogP contribution in [0.5, 0.6) is 0 Å². The highest BCUT2D eigenvalue weighted by Crippen LogP contribution is 2.18. The van der Waals surface area contributed by atoms with Crippen LogP contribution in [0.1, 0.15) is 5.56 Å². The number of amides is 1. The molecule has 17 heavy (non-hydrogen) atoms. The molecule has 0 atom stereocenters. The van der Waals surface area contributed by atoms with E-state index in [0.717, 1.165) is 4.31 Å². The van der Waals surface area contributed by atoms with Crippen LogP contribution in [0.3, 0.4) is 0 Å². The average molecular weight is 253 g/mol. The van der Waals surface area contributed by atoms with Crippen LogP contribution < -0.4 is 5.73 Å². The Labute approximate surface area is 99.3 Å². The number of nitriles is 1. The summed E-state index contributed by atoms with van der Waals surface area (Å²) in [5.74, 6) is -0.759. The fourth-order valence-electron chi connectivity index (χ4n) is 1.26. The van der Waals surface area contributed by atoms with Gasteiger partial charge in [-0.3, -0.25) is 4.79 Å². The molecule has 1 rings (SSSR count). The van der Waals surface area contributed by atoms with E-state index in [4.69, 9.17) is 11.0 Å². The molecular formula is C10H11N3O3S. The van der Waals surface area contributed by atoms with E-state index in [-0.39, 0.29) is 10.5 Å². The predicted octanol–water partition coefficient (Wildman–Crippen LogP) is -0.336. The van der Waals surface area contributed by atoms with Crippen LogP contribution >= 0.6 is 0 Å². The first kappa shape index (κ1) is 13.2. The van der Waals surface area contributed by atoms with Crippen molar-refractivity contribution in [3.05, 3.63) is 29.8 Å². The second kappa shape index (κ2) is 4.95. The van der Waals surface area contributed by atoms with Gasteiger partial charge in [-0.1, -0.05) is 12.1 Å². The van der Waals surface area contributed by atoms with Crippen LogP contribution in [0, 0.1) is 11.3 Å². The maximum absolute atomic E-state index is 12.0. The summed E-state index contributed by atoms with van der Waals surface area (Å²) >= 11 is 0. The van der Waals surface area contributed by atoms with E-state index in [0.29, 0.717) is 0 Å². The first-order chi connectivity index (χ1) is 7.89. The summed E-state index contributed by atoms with van der Waals surface area (Å²) in [5.41, 5.74) is 4.96. The van der Waals surface area contributed by atoms with Crippen LogP contribution in [0.15, 0.2) is 29.2 Å². The van der Waals surface area contributed by atoms with Crippen LogP contribution in [-0.4, -0.2) is 32.2 Å². The minimum atomic E-state index is -3.87. The lowest BCUT2D eigenvalue weighted by molar-refractivity contribution is -0.118. The summed E-state index contributed by atoms with van der Waals surface area (Å²) in [6.07, 6.45) is 0. The summed E-state index contributed by atoms with van der Waals surface area (Å²) in [4.78, 5) is 10.6. The molecule has 0 aliphatic heterocycles. The minimum Gasteiger partial charge on any atom is -0.369 e. The number of benzene rings is 1. The maximum Gasteiger partial charge on any atom is 0.244 e. The Balaban J connectivity index is 3.23. The molecule has 7 heteroatoms. The molecule has 0 saturated carbocycles. The second-order valence-electron chi connectivity index (χ2n) is 3.34. The van der Waals surface area contributed by atoms with Crippen molar-refractivity contribution in [2.75, 3.05) is 13.6 Å². The number of rotatable bonds is 4. The molecule has 2 N–H and O–H groups in total. The number of carbonyl (C=O) groups excluding carboxylic acids is 1. The third kappa shape index (κ3) is 2.81. The molecule has 1 aromatic rings. The van der Waals surface area contributed by atoms with Crippen molar-refractivity contribution >= 4 is 15.9 Å². The quantitative estimate of drug-likeness (QED) is 0.792. The Kier molecular flexibility index (Phi) is 3.83. The number of primary amides is 1. The van der Waals surface area contributed by atoms with Gasteiger partial charge < -0.3 is 5.73 Å². The third-order valence-electron chi connectivity index (χ3n) is 2.07. The van der Waals surface area contributed by atoms with E-state index in [9.17, 15) is 13.2 Å². The Morgan fingerprint density at radius 1 is 1.47 bits per heavy atom. The van der Waals surface area contributed by atoms with Crippen molar-refractivity contribution in [2.45, 2.75) is 4.90 Å². The maximum atomic E-state index is 12.0. The summed E-state index contributed by atoms with van der Waals surface area (Å²) in [7, 11) is -2.64. The third-order valence-corrected chi connectivity index (χ3v) is 3.94. The van der Waals surface area contributed by atoms with E-state index in [1.165, 1.54) is 25.2 Å². The topological polar surface area (TPSA) is 104 Å². The lowest BCUT2D eigenvalue weighted by Crippen LogP contribution is -2.35. The fraction of sp³-hybridized carbons (Fsp3) is 0.200. The van der Waals surface area contributed by atoms with Gasteiger partial charge in [-0.25, -0.2) is 8.42 Å². The van der Waals surface area contributed by atoms with Gasteiger partial charge in [0.1, 0.15) is 6.07 Å². The summed E-state index contributed by atoms with van der Waals surface area (Å²) in [5, 5.41) is 8.82. The molecular weight excluding hydrogens is 242 g/mol. The number of nitrogens with two attached hydrogens (primary N) is 1. The zero-order valence-corrected chi connectivity index (χ0v) is 9.94. The Morgan fingerprint density at radius 2 is 2.06 bits per heavy atom. The van der Waals surface area contributed by atoms with Gasteiger partial charge in [0.15, 0.2) is 0 Å². The van der Waals surface area contributed by atoms with Crippen molar-refractivity contribution in [2.24, 2.45) is 5.73 Å². The molecule has 1 aromatic carbocycles. The lowest BCUT2D eigenvalue weighted by atomic mass is 10.2. The van der Waals surface area contributed by atoms with Gasteiger partial charge >= 0.3 is 0 Å². The van der Waals surface area contributed by atoms with Crippen LogP contribution in [0.4, 0.5) is 0 Å². The Bertz CT molecular complexity index is 575. The normalized spacial score (nSPS) is 11.1. The molecule has 1 amide bonds. The molecule has 0 radical (unpaired) electrons. The molecule has 0 spiro atoms. The summed E-state index contributed by atoms with van der Waals surface area (Å²) in [6.45, 7) is -0.428. The number of carbonyl (C=O) groups is 1. The molecule has 0 aliphatic rings. The molecule has 0 heterocycles. The molecule has 0 aliphatic carbocycles. The Morgan fingerprint density at radius 3 is 2.59 bits per heavy atom. The van der Waals surface area contributed by atoms with E-state index < -0.39 is 22.5 Å². The van der Waals surface area contributed by atoms with Crippen molar-refractivity contribution in [1.82, 2.24) is 4.31 Å².